The van der Waals surface area contributed by atoms with Gasteiger partial charge < -0.3 is 33.2 Å². The molecule has 1 amide bonds. The van der Waals surface area contributed by atoms with Crippen molar-refractivity contribution in [3.05, 3.63) is 65.2 Å². The average molecular weight is 640 g/mol. The Morgan fingerprint density at radius 1 is 0.844 bits per heavy atom. The van der Waals surface area contributed by atoms with Crippen LogP contribution in [0.1, 0.15) is 64.3 Å². The molecule has 2 N–H and O–H groups in total. The third-order valence-electron chi connectivity index (χ3n) is 8.07. The van der Waals surface area contributed by atoms with Gasteiger partial charge in [0.2, 0.25) is 5.75 Å². The van der Waals surface area contributed by atoms with E-state index >= 15 is 0 Å². The number of aliphatic hydroxyl groups excluding tert-OH is 1. The molecule has 45 heavy (non-hydrogen) atoms. The van der Waals surface area contributed by atoms with Crippen LogP contribution in [0, 0.1) is 0 Å². The first kappa shape index (κ1) is 35.7. The third-order valence-corrected chi connectivity index (χ3v) is 12.7. The molecule has 0 aliphatic carbocycles. The lowest BCUT2D eigenvalue weighted by Crippen LogP contribution is -2.35. The number of anilines is 1. The molecular formula is C35H49NO8Si. The highest BCUT2D eigenvalue weighted by atomic mass is 28.4. The van der Waals surface area contributed by atoms with Gasteiger partial charge in [-0.3, -0.25) is 5.32 Å². The number of hydrogen-bond acceptors (Lipinski definition) is 8. The third kappa shape index (κ3) is 8.30. The van der Waals surface area contributed by atoms with E-state index in [9.17, 15) is 9.90 Å². The summed E-state index contributed by atoms with van der Waals surface area (Å²) in [7, 11) is 4.22. The molecule has 0 saturated heterocycles. The molecule has 3 aromatic rings. The number of carbonyl (C=O) groups excluding carboxylic acids is 1. The van der Waals surface area contributed by atoms with E-state index in [1.807, 2.05) is 36.4 Å². The summed E-state index contributed by atoms with van der Waals surface area (Å²) >= 11 is 0. The highest BCUT2D eigenvalue weighted by Gasteiger charge is 2.32. The molecule has 0 spiro atoms. The van der Waals surface area contributed by atoms with E-state index in [4.69, 9.17) is 28.1 Å². The standard InChI is InChI=1S/C35H49NO8Si/c1-11-45(12-2,13-3)43-22-24-19-29(40-8)32(41-9)33(42-10)30(24)25-21-28(39-7)27(36-34(38)44-35(4,5)6)20-26(25)31(37)23-17-15-14-16-18-23/h14-21,31,37H,11-13,22H2,1-10H3,(H,36,38). The monoisotopic (exact) mass is 639 g/mol. The fourth-order valence-corrected chi connectivity index (χ4v) is 8.01. The number of rotatable bonds is 14. The van der Waals surface area contributed by atoms with Gasteiger partial charge in [0.1, 0.15) is 17.5 Å². The van der Waals surface area contributed by atoms with Crippen LogP contribution >= 0.6 is 0 Å². The van der Waals surface area contributed by atoms with Gasteiger partial charge in [0.25, 0.3) is 0 Å². The van der Waals surface area contributed by atoms with E-state index < -0.39 is 26.1 Å². The van der Waals surface area contributed by atoms with Gasteiger partial charge >= 0.3 is 6.09 Å². The Hall–Kier alpha value is -3.73. The average Bonchev–Trinajstić information content (AvgIpc) is 3.03. The van der Waals surface area contributed by atoms with Gasteiger partial charge in [0.05, 0.1) is 40.7 Å². The summed E-state index contributed by atoms with van der Waals surface area (Å²) < 4.78 is 35.6. The Kier molecular flexibility index (Phi) is 12.3. The molecule has 0 heterocycles. The molecule has 9 nitrogen and oxygen atoms in total. The van der Waals surface area contributed by atoms with Crippen molar-refractivity contribution in [2.75, 3.05) is 33.8 Å². The molecule has 246 valence electrons. The second-order valence-corrected chi connectivity index (χ2v) is 16.6. The van der Waals surface area contributed by atoms with Crippen molar-refractivity contribution in [1.29, 1.82) is 0 Å². The van der Waals surface area contributed by atoms with E-state index in [1.54, 1.807) is 54.2 Å². The highest BCUT2D eigenvalue weighted by molar-refractivity contribution is 6.73. The lowest BCUT2D eigenvalue weighted by molar-refractivity contribution is 0.0635. The van der Waals surface area contributed by atoms with E-state index in [-0.39, 0.29) is 0 Å². The first-order chi connectivity index (χ1) is 21.4. The molecule has 3 aromatic carbocycles. The van der Waals surface area contributed by atoms with Crippen molar-refractivity contribution in [3.8, 4) is 34.1 Å². The Morgan fingerprint density at radius 2 is 1.44 bits per heavy atom. The van der Waals surface area contributed by atoms with Gasteiger partial charge in [0, 0.05) is 5.56 Å². The number of carbonyl (C=O) groups is 1. The lowest BCUT2D eigenvalue weighted by Gasteiger charge is -2.30. The van der Waals surface area contributed by atoms with E-state index in [0.29, 0.717) is 57.5 Å². The second kappa shape index (κ2) is 15.5. The molecule has 0 saturated carbocycles. The Bertz CT molecular complexity index is 1430. The molecule has 1 unspecified atom stereocenters. The fourth-order valence-electron chi connectivity index (χ4n) is 5.44. The molecule has 0 radical (unpaired) electrons. The molecular weight excluding hydrogens is 590 g/mol. The van der Waals surface area contributed by atoms with Gasteiger partial charge in [-0.25, -0.2) is 4.79 Å². The van der Waals surface area contributed by atoms with Gasteiger partial charge in [-0.15, -0.1) is 0 Å². The molecule has 0 aliphatic rings. The van der Waals surface area contributed by atoms with Gasteiger partial charge in [0.15, 0.2) is 19.8 Å². The zero-order valence-electron chi connectivity index (χ0n) is 28.3. The van der Waals surface area contributed by atoms with Crippen molar-refractivity contribution >= 4 is 20.1 Å². The predicted octanol–water partition coefficient (Wildman–Crippen LogP) is 8.34. The van der Waals surface area contributed by atoms with Crippen LogP contribution in [0.4, 0.5) is 10.5 Å². The number of amides is 1. The minimum absolute atomic E-state index is 0.300. The number of ether oxygens (including phenoxy) is 5. The number of hydrogen-bond donors (Lipinski definition) is 2. The molecule has 0 fully saturated rings. The highest BCUT2D eigenvalue weighted by Crippen LogP contribution is 2.51. The van der Waals surface area contributed by atoms with Crippen LogP contribution in [0.3, 0.4) is 0 Å². The van der Waals surface area contributed by atoms with Crippen molar-refractivity contribution in [3.63, 3.8) is 0 Å². The fraction of sp³-hybridized carbons (Fsp3) is 0.457. The summed E-state index contributed by atoms with van der Waals surface area (Å²) in [6.07, 6.45) is -1.72. The summed E-state index contributed by atoms with van der Waals surface area (Å²) in [4.78, 5) is 12.9. The van der Waals surface area contributed by atoms with Gasteiger partial charge in [-0.05, 0) is 79.4 Å². The van der Waals surface area contributed by atoms with Crippen LogP contribution in [-0.2, 0) is 15.8 Å². The number of benzene rings is 3. The minimum Gasteiger partial charge on any atom is -0.495 e. The Balaban J connectivity index is 2.39. The van der Waals surface area contributed by atoms with Crippen molar-refractivity contribution in [2.24, 2.45) is 0 Å². The SMILES string of the molecule is CC[Si](CC)(CC)OCc1cc(OC)c(OC)c(OC)c1-c1cc(OC)c(NC(=O)OC(C)(C)C)cc1C(O)c1ccccc1. The van der Waals surface area contributed by atoms with Crippen molar-refractivity contribution < 1.29 is 38.0 Å². The number of aliphatic hydroxyl groups is 1. The smallest absolute Gasteiger partial charge is 0.412 e. The van der Waals surface area contributed by atoms with Crippen LogP contribution < -0.4 is 24.3 Å². The normalized spacial score (nSPS) is 12.3. The van der Waals surface area contributed by atoms with Crippen LogP contribution in [0.5, 0.6) is 23.0 Å². The van der Waals surface area contributed by atoms with E-state index in [1.165, 1.54) is 7.11 Å². The predicted molar refractivity (Wildman–Crippen MR) is 180 cm³/mol. The summed E-state index contributed by atoms with van der Waals surface area (Å²) in [5.41, 5.74) is 2.88. The largest absolute Gasteiger partial charge is 0.495 e. The molecule has 0 bridgehead atoms. The molecule has 10 heteroatoms. The van der Waals surface area contributed by atoms with Gasteiger partial charge in [-0.1, -0.05) is 51.1 Å². The summed E-state index contributed by atoms with van der Waals surface area (Å²) in [6.45, 7) is 12.2. The minimum atomic E-state index is -2.00. The quantitative estimate of drug-likeness (QED) is 0.170. The summed E-state index contributed by atoms with van der Waals surface area (Å²) in [5, 5.41) is 14.7. The molecule has 0 aliphatic heterocycles. The molecule has 3 rings (SSSR count). The maximum atomic E-state index is 12.9. The maximum absolute atomic E-state index is 12.9. The van der Waals surface area contributed by atoms with Crippen LogP contribution in [-0.4, -0.2) is 53.6 Å². The van der Waals surface area contributed by atoms with E-state index in [2.05, 4.69) is 26.1 Å². The zero-order valence-corrected chi connectivity index (χ0v) is 29.3. The van der Waals surface area contributed by atoms with E-state index in [0.717, 1.165) is 23.7 Å². The Labute approximate surface area is 268 Å². The first-order valence-electron chi connectivity index (χ1n) is 15.3. The van der Waals surface area contributed by atoms with Crippen LogP contribution in [0.15, 0.2) is 48.5 Å². The molecule has 1 atom stereocenters. The zero-order chi connectivity index (χ0) is 33.4. The summed E-state index contributed by atoms with van der Waals surface area (Å²) in [6, 6.07) is 17.6. The Morgan fingerprint density at radius 3 is 1.96 bits per heavy atom. The second-order valence-electron chi connectivity index (χ2n) is 11.8. The van der Waals surface area contributed by atoms with Crippen molar-refractivity contribution in [2.45, 2.75) is 78.0 Å². The summed E-state index contributed by atoms with van der Waals surface area (Å²) in [5.74, 6) is 1.68. The van der Waals surface area contributed by atoms with Gasteiger partial charge in [-0.2, -0.15) is 0 Å². The maximum Gasteiger partial charge on any atom is 0.412 e. The van der Waals surface area contributed by atoms with Crippen LogP contribution in [0.2, 0.25) is 18.1 Å². The number of nitrogens with one attached hydrogen (secondary N) is 1. The number of methoxy groups -OCH3 is 4. The van der Waals surface area contributed by atoms with Crippen LogP contribution in [0.25, 0.3) is 11.1 Å². The van der Waals surface area contributed by atoms with Crippen molar-refractivity contribution in [1.82, 2.24) is 0 Å². The lowest BCUT2D eigenvalue weighted by atomic mass is 9.88. The topological polar surface area (TPSA) is 105 Å². The molecule has 0 aromatic heterocycles. The first-order valence-corrected chi connectivity index (χ1v) is 17.8.